The zero-order valence-corrected chi connectivity index (χ0v) is 17.8. The van der Waals surface area contributed by atoms with E-state index in [0.717, 1.165) is 23.6 Å². The van der Waals surface area contributed by atoms with Gasteiger partial charge in [0.1, 0.15) is 0 Å². The van der Waals surface area contributed by atoms with Crippen molar-refractivity contribution in [2.75, 3.05) is 20.6 Å². The molecule has 0 aromatic heterocycles. The highest BCUT2D eigenvalue weighted by Crippen LogP contribution is 2.21. The molecule has 0 amide bonds. The molecule has 0 bridgehead atoms. The van der Waals surface area contributed by atoms with E-state index in [2.05, 4.69) is 58.5 Å². The molecule has 0 unspecified atom stereocenters. The van der Waals surface area contributed by atoms with Gasteiger partial charge in [0.2, 0.25) is 10.0 Å². The lowest BCUT2D eigenvalue weighted by Gasteiger charge is -2.26. The second-order valence-corrected chi connectivity index (χ2v) is 9.24. The van der Waals surface area contributed by atoms with E-state index < -0.39 is 10.0 Å². The maximum atomic E-state index is 11.6. The van der Waals surface area contributed by atoms with Gasteiger partial charge in [-0.25, -0.2) is 13.1 Å². The number of hydrogen-bond donors (Lipinski definition) is 3. The van der Waals surface area contributed by atoms with E-state index >= 15 is 0 Å². The van der Waals surface area contributed by atoms with Gasteiger partial charge in [0.25, 0.3) is 0 Å². The molecule has 0 fully saturated rings. The van der Waals surface area contributed by atoms with E-state index in [-0.39, 0.29) is 11.2 Å². The van der Waals surface area contributed by atoms with Gasteiger partial charge in [-0.1, -0.05) is 68.4 Å². The number of nitrogens with zero attached hydrogens (tertiary/aromatic N) is 1. The first kappa shape index (κ1) is 21.9. The summed E-state index contributed by atoms with van der Waals surface area (Å²) in [5.74, 6) is 0.709. The first-order valence-corrected chi connectivity index (χ1v) is 10.9. The van der Waals surface area contributed by atoms with Crippen LogP contribution in [-0.2, 0) is 27.7 Å². The Bertz CT molecular complexity index is 876. The maximum Gasteiger partial charge on any atom is 0.215 e. The summed E-state index contributed by atoms with van der Waals surface area (Å²) in [5.41, 5.74) is 3.05. The lowest BCUT2D eigenvalue weighted by Crippen LogP contribution is -2.43. The highest BCUT2D eigenvalue weighted by atomic mass is 32.2. The van der Waals surface area contributed by atoms with Crippen molar-refractivity contribution < 1.29 is 8.42 Å². The number of benzene rings is 2. The van der Waals surface area contributed by atoms with Gasteiger partial charge in [0, 0.05) is 25.6 Å². The highest BCUT2D eigenvalue weighted by molar-refractivity contribution is 7.88. The van der Waals surface area contributed by atoms with E-state index in [4.69, 9.17) is 0 Å². The van der Waals surface area contributed by atoms with Crippen molar-refractivity contribution in [3.63, 3.8) is 0 Å². The fraction of sp³-hybridized carbons (Fsp3) is 0.381. The number of sulfonamides is 1. The molecule has 6 nitrogen and oxygen atoms in total. The largest absolute Gasteiger partial charge is 0.356 e. The van der Waals surface area contributed by atoms with Gasteiger partial charge in [-0.05, 0) is 23.7 Å². The standard InChI is InChI=1S/C21H30N4O2S/c1-21(2,19-8-6-5-7-9-19)16-25-20(22-3)24-14-17-10-12-18(13-11-17)15-28(26,27)23-4/h5-13,23H,14-16H2,1-4H3,(H2,22,24,25). The van der Waals surface area contributed by atoms with Crippen molar-refractivity contribution in [2.24, 2.45) is 4.99 Å². The third kappa shape index (κ3) is 6.65. The fourth-order valence-corrected chi connectivity index (χ4v) is 3.52. The summed E-state index contributed by atoms with van der Waals surface area (Å²) >= 11 is 0. The maximum absolute atomic E-state index is 11.6. The monoisotopic (exact) mass is 402 g/mol. The zero-order chi connectivity index (χ0) is 20.6. The minimum atomic E-state index is -3.25. The van der Waals surface area contributed by atoms with Gasteiger partial charge in [0.15, 0.2) is 5.96 Å². The van der Waals surface area contributed by atoms with Crippen molar-refractivity contribution in [1.29, 1.82) is 0 Å². The van der Waals surface area contributed by atoms with Crippen LogP contribution in [0, 0.1) is 0 Å². The van der Waals surface area contributed by atoms with Crippen LogP contribution < -0.4 is 15.4 Å². The molecule has 0 atom stereocenters. The van der Waals surface area contributed by atoms with Crippen LogP contribution in [0.25, 0.3) is 0 Å². The molecule has 0 saturated heterocycles. The molecule has 0 aliphatic carbocycles. The van der Waals surface area contributed by atoms with Crippen LogP contribution in [0.15, 0.2) is 59.6 Å². The van der Waals surface area contributed by atoms with Crippen molar-refractivity contribution in [3.8, 4) is 0 Å². The SMILES string of the molecule is CN=C(NCc1ccc(CS(=O)(=O)NC)cc1)NCC(C)(C)c1ccccc1. The van der Waals surface area contributed by atoms with E-state index in [1.807, 2.05) is 30.3 Å². The van der Waals surface area contributed by atoms with Crippen molar-refractivity contribution >= 4 is 16.0 Å². The van der Waals surface area contributed by atoms with Gasteiger partial charge in [-0.3, -0.25) is 4.99 Å². The quantitative estimate of drug-likeness (QED) is 0.468. The third-order valence-corrected chi connectivity index (χ3v) is 5.96. The number of rotatable bonds is 8. The Morgan fingerprint density at radius 1 is 0.964 bits per heavy atom. The highest BCUT2D eigenvalue weighted by Gasteiger charge is 2.20. The minimum Gasteiger partial charge on any atom is -0.356 e. The van der Waals surface area contributed by atoms with Crippen molar-refractivity contribution in [3.05, 3.63) is 71.3 Å². The van der Waals surface area contributed by atoms with Crippen LogP contribution in [0.5, 0.6) is 0 Å². The van der Waals surface area contributed by atoms with Crippen LogP contribution in [0.4, 0.5) is 0 Å². The van der Waals surface area contributed by atoms with Crippen LogP contribution in [-0.4, -0.2) is 35.0 Å². The molecule has 0 aliphatic heterocycles. The molecule has 0 spiro atoms. The fourth-order valence-electron chi connectivity index (χ4n) is 2.75. The van der Waals surface area contributed by atoms with Crippen molar-refractivity contribution in [1.82, 2.24) is 15.4 Å². The Hall–Kier alpha value is -2.38. The molecule has 2 aromatic rings. The summed E-state index contributed by atoms with van der Waals surface area (Å²) in [6.07, 6.45) is 0. The number of guanidine groups is 1. The smallest absolute Gasteiger partial charge is 0.215 e. The van der Waals surface area contributed by atoms with E-state index in [1.54, 1.807) is 7.05 Å². The summed E-state index contributed by atoms with van der Waals surface area (Å²) in [4.78, 5) is 4.28. The van der Waals surface area contributed by atoms with Gasteiger partial charge in [0.05, 0.1) is 5.75 Å². The molecule has 152 valence electrons. The Morgan fingerprint density at radius 2 is 1.57 bits per heavy atom. The van der Waals surface area contributed by atoms with Crippen LogP contribution in [0.3, 0.4) is 0 Å². The molecule has 2 aromatic carbocycles. The molecule has 2 rings (SSSR count). The van der Waals surface area contributed by atoms with Crippen LogP contribution in [0.2, 0.25) is 0 Å². The molecule has 0 heterocycles. The Morgan fingerprint density at radius 3 is 2.14 bits per heavy atom. The number of nitrogens with one attached hydrogen (secondary N) is 3. The van der Waals surface area contributed by atoms with E-state index in [0.29, 0.717) is 6.54 Å². The predicted molar refractivity (Wildman–Crippen MR) is 116 cm³/mol. The van der Waals surface area contributed by atoms with Gasteiger partial charge in [-0.2, -0.15) is 0 Å². The summed E-state index contributed by atoms with van der Waals surface area (Å²) in [5, 5.41) is 6.68. The molecule has 0 radical (unpaired) electrons. The first-order chi connectivity index (χ1) is 13.3. The number of hydrogen-bond acceptors (Lipinski definition) is 3. The summed E-state index contributed by atoms with van der Waals surface area (Å²) in [6.45, 7) is 5.74. The van der Waals surface area contributed by atoms with Crippen molar-refractivity contribution in [2.45, 2.75) is 31.6 Å². The molecule has 28 heavy (non-hydrogen) atoms. The first-order valence-electron chi connectivity index (χ1n) is 9.25. The van der Waals surface area contributed by atoms with Gasteiger partial charge < -0.3 is 10.6 Å². The van der Waals surface area contributed by atoms with E-state index in [1.165, 1.54) is 12.6 Å². The second-order valence-electron chi connectivity index (χ2n) is 7.31. The van der Waals surface area contributed by atoms with Crippen LogP contribution in [0.1, 0.15) is 30.5 Å². The summed E-state index contributed by atoms with van der Waals surface area (Å²) in [6, 6.07) is 17.9. The summed E-state index contributed by atoms with van der Waals surface area (Å²) < 4.78 is 25.6. The summed E-state index contributed by atoms with van der Waals surface area (Å²) in [7, 11) is -0.0856. The molecule has 0 saturated carbocycles. The third-order valence-electron chi connectivity index (χ3n) is 4.63. The van der Waals surface area contributed by atoms with Gasteiger partial charge >= 0.3 is 0 Å². The van der Waals surface area contributed by atoms with Crippen LogP contribution >= 0.6 is 0 Å². The molecule has 0 aliphatic rings. The van der Waals surface area contributed by atoms with Gasteiger partial charge in [-0.15, -0.1) is 0 Å². The topological polar surface area (TPSA) is 82.6 Å². The lowest BCUT2D eigenvalue weighted by molar-refractivity contribution is 0.508. The predicted octanol–water partition coefficient (Wildman–Crippen LogP) is 2.38. The number of aliphatic imine (C=N–C) groups is 1. The molecule has 7 heteroatoms. The molecular formula is C21H30N4O2S. The average Bonchev–Trinajstić information content (AvgIpc) is 2.70. The Balaban J connectivity index is 1.88. The van der Waals surface area contributed by atoms with E-state index in [9.17, 15) is 8.42 Å². The Kier molecular flexibility index (Phi) is 7.60. The Labute approximate surface area is 168 Å². The normalized spacial score (nSPS) is 12.6. The lowest BCUT2D eigenvalue weighted by atomic mass is 9.85. The molecule has 3 N–H and O–H groups in total. The molecular weight excluding hydrogens is 372 g/mol. The second kappa shape index (κ2) is 9.71. The minimum absolute atomic E-state index is 0.0188. The average molecular weight is 403 g/mol. The zero-order valence-electron chi connectivity index (χ0n) is 17.0.